The summed E-state index contributed by atoms with van der Waals surface area (Å²) >= 11 is 0. The summed E-state index contributed by atoms with van der Waals surface area (Å²) < 4.78 is 6.69. The van der Waals surface area contributed by atoms with Gasteiger partial charge in [0.15, 0.2) is 5.76 Å². The maximum Gasteiger partial charge on any atom is 0.289 e. The predicted molar refractivity (Wildman–Crippen MR) is 114 cm³/mol. The van der Waals surface area contributed by atoms with Gasteiger partial charge in [-0.25, -0.2) is 0 Å². The number of carbonyl (C=O) groups is 2. The van der Waals surface area contributed by atoms with Crippen LogP contribution in [0.4, 0.5) is 0 Å². The number of furan rings is 1. The summed E-state index contributed by atoms with van der Waals surface area (Å²) in [5, 5.41) is 2.98. The van der Waals surface area contributed by atoms with Crippen LogP contribution in [0.1, 0.15) is 44.9 Å². The lowest BCUT2D eigenvalue weighted by Gasteiger charge is -2.32. The van der Waals surface area contributed by atoms with Crippen LogP contribution in [0.2, 0.25) is 0 Å². The predicted octanol–water partition coefficient (Wildman–Crippen LogP) is 2.23. The third-order valence-electron chi connectivity index (χ3n) is 5.53. The van der Waals surface area contributed by atoms with E-state index in [2.05, 4.69) is 10.3 Å². The van der Waals surface area contributed by atoms with E-state index in [1.54, 1.807) is 48.6 Å². The maximum absolute atomic E-state index is 13.0. The molecule has 0 aliphatic carbocycles. The fourth-order valence-electron chi connectivity index (χ4n) is 3.79. The Morgan fingerprint density at radius 3 is 2.68 bits per heavy atom. The highest BCUT2D eigenvalue weighted by Gasteiger charge is 2.27. The molecule has 0 atom stereocenters. The van der Waals surface area contributed by atoms with Gasteiger partial charge in [-0.1, -0.05) is 6.07 Å². The SMILES string of the molecule is Cc1ccn(Cc2cccnc2)c(=O)c1C(=O)NC1CCN(C(=O)c2ccco2)CC1. The van der Waals surface area contributed by atoms with E-state index in [4.69, 9.17) is 4.42 Å². The van der Waals surface area contributed by atoms with Crippen molar-refractivity contribution in [2.45, 2.75) is 32.4 Å². The Balaban J connectivity index is 1.41. The smallest absolute Gasteiger partial charge is 0.289 e. The first-order chi connectivity index (χ1) is 15.0. The van der Waals surface area contributed by atoms with Gasteiger partial charge in [-0.3, -0.25) is 19.4 Å². The van der Waals surface area contributed by atoms with Gasteiger partial charge in [-0.05, 0) is 55.2 Å². The number of piperidine rings is 1. The van der Waals surface area contributed by atoms with Gasteiger partial charge in [0.25, 0.3) is 17.4 Å². The van der Waals surface area contributed by atoms with Crippen LogP contribution < -0.4 is 10.9 Å². The summed E-state index contributed by atoms with van der Waals surface area (Å²) in [7, 11) is 0. The number of nitrogens with one attached hydrogen (secondary N) is 1. The van der Waals surface area contributed by atoms with Crippen molar-refractivity contribution in [1.82, 2.24) is 19.8 Å². The number of pyridine rings is 2. The Morgan fingerprint density at radius 1 is 1.19 bits per heavy atom. The molecule has 8 nitrogen and oxygen atoms in total. The molecule has 0 radical (unpaired) electrons. The lowest BCUT2D eigenvalue weighted by molar-refractivity contribution is 0.0667. The normalized spacial score (nSPS) is 14.4. The molecule has 1 saturated heterocycles. The molecule has 4 rings (SSSR count). The van der Waals surface area contributed by atoms with Gasteiger partial charge in [-0.2, -0.15) is 0 Å². The van der Waals surface area contributed by atoms with Crippen molar-refractivity contribution in [1.29, 1.82) is 0 Å². The van der Waals surface area contributed by atoms with Gasteiger partial charge < -0.3 is 19.2 Å². The van der Waals surface area contributed by atoms with Crippen LogP contribution in [0.5, 0.6) is 0 Å². The molecular formula is C23H24N4O4. The van der Waals surface area contributed by atoms with Gasteiger partial charge >= 0.3 is 0 Å². The molecule has 0 saturated carbocycles. The average Bonchev–Trinajstić information content (AvgIpc) is 3.32. The number of aryl methyl sites for hydroxylation is 1. The van der Waals surface area contributed by atoms with E-state index in [-0.39, 0.29) is 29.0 Å². The number of rotatable bonds is 5. The third kappa shape index (κ3) is 4.58. The van der Waals surface area contributed by atoms with Gasteiger partial charge in [0.05, 0.1) is 12.8 Å². The quantitative estimate of drug-likeness (QED) is 0.683. The molecule has 4 heterocycles. The Kier molecular flexibility index (Phi) is 5.97. The van der Waals surface area contributed by atoms with E-state index >= 15 is 0 Å². The lowest BCUT2D eigenvalue weighted by Crippen LogP contribution is -2.47. The van der Waals surface area contributed by atoms with Gasteiger partial charge in [-0.15, -0.1) is 0 Å². The molecule has 31 heavy (non-hydrogen) atoms. The Bertz CT molecular complexity index is 1110. The van der Waals surface area contributed by atoms with Gasteiger partial charge in [0, 0.05) is 37.7 Å². The Morgan fingerprint density at radius 2 is 2.00 bits per heavy atom. The number of amides is 2. The van der Waals surface area contributed by atoms with Crippen molar-refractivity contribution >= 4 is 11.8 Å². The first-order valence-corrected chi connectivity index (χ1v) is 10.3. The minimum Gasteiger partial charge on any atom is -0.459 e. The molecule has 8 heteroatoms. The zero-order chi connectivity index (χ0) is 21.8. The molecular weight excluding hydrogens is 396 g/mol. The van der Waals surface area contributed by atoms with E-state index < -0.39 is 0 Å². The summed E-state index contributed by atoms with van der Waals surface area (Å²) in [4.78, 5) is 44.1. The Hall–Kier alpha value is -3.68. The molecule has 0 aromatic carbocycles. The largest absolute Gasteiger partial charge is 0.459 e. The molecule has 160 valence electrons. The van der Waals surface area contributed by atoms with E-state index in [9.17, 15) is 14.4 Å². The first kappa shape index (κ1) is 20.6. The van der Waals surface area contributed by atoms with Crippen LogP contribution in [0, 0.1) is 6.92 Å². The van der Waals surface area contributed by atoms with Crippen molar-refractivity contribution in [3.05, 3.63) is 88.0 Å². The molecule has 1 N–H and O–H groups in total. The fraction of sp³-hybridized carbons (Fsp3) is 0.304. The maximum atomic E-state index is 13.0. The summed E-state index contributed by atoms with van der Waals surface area (Å²) in [6.07, 6.45) is 7.78. The molecule has 0 bridgehead atoms. The zero-order valence-corrected chi connectivity index (χ0v) is 17.3. The summed E-state index contributed by atoms with van der Waals surface area (Å²) in [6.45, 7) is 3.14. The standard InChI is InChI=1S/C23H24N4O4/c1-16-6-10-27(15-17-4-2-9-24-14-17)23(30)20(16)21(28)25-18-7-11-26(12-8-18)22(29)19-5-3-13-31-19/h2-6,9-10,13-14,18H,7-8,11-12,15H2,1H3,(H,25,28). The topological polar surface area (TPSA) is 97.4 Å². The third-order valence-corrected chi connectivity index (χ3v) is 5.53. The van der Waals surface area contributed by atoms with Crippen molar-refractivity contribution in [2.75, 3.05) is 13.1 Å². The van der Waals surface area contributed by atoms with E-state index in [1.807, 2.05) is 12.1 Å². The van der Waals surface area contributed by atoms with Crippen LogP contribution in [0.15, 0.2) is 64.4 Å². The minimum absolute atomic E-state index is 0.0982. The number of nitrogens with zero attached hydrogens (tertiary/aromatic N) is 3. The highest BCUT2D eigenvalue weighted by molar-refractivity contribution is 5.95. The lowest BCUT2D eigenvalue weighted by atomic mass is 10.0. The number of hydrogen-bond acceptors (Lipinski definition) is 5. The number of likely N-dealkylation sites (tertiary alicyclic amines) is 1. The van der Waals surface area contributed by atoms with E-state index in [1.165, 1.54) is 10.8 Å². The molecule has 1 aliphatic heterocycles. The van der Waals surface area contributed by atoms with Gasteiger partial charge in [0.1, 0.15) is 5.56 Å². The molecule has 0 spiro atoms. The molecule has 1 fully saturated rings. The molecule has 2 amide bonds. The van der Waals surface area contributed by atoms with E-state index in [0.29, 0.717) is 43.8 Å². The Labute approximate surface area is 179 Å². The first-order valence-electron chi connectivity index (χ1n) is 10.3. The average molecular weight is 420 g/mol. The second-order valence-electron chi connectivity index (χ2n) is 7.69. The highest BCUT2D eigenvalue weighted by Crippen LogP contribution is 2.15. The van der Waals surface area contributed by atoms with Crippen molar-refractivity contribution in [3.63, 3.8) is 0 Å². The summed E-state index contributed by atoms with van der Waals surface area (Å²) in [5.74, 6) is -0.206. The van der Waals surface area contributed by atoms with Crippen molar-refractivity contribution in [3.8, 4) is 0 Å². The molecule has 1 aliphatic rings. The number of hydrogen-bond donors (Lipinski definition) is 1. The second kappa shape index (κ2) is 8.99. The van der Waals surface area contributed by atoms with E-state index in [0.717, 1.165) is 5.56 Å². The van der Waals surface area contributed by atoms with Crippen LogP contribution in [0.25, 0.3) is 0 Å². The van der Waals surface area contributed by atoms with Gasteiger partial charge in [0.2, 0.25) is 0 Å². The zero-order valence-electron chi connectivity index (χ0n) is 17.3. The van der Waals surface area contributed by atoms with Crippen molar-refractivity contribution < 1.29 is 14.0 Å². The van der Waals surface area contributed by atoms with Crippen LogP contribution in [0.3, 0.4) is 0 Å². The van der Waals surface area contributed by atoms with Crippen molar-refractivity contribution in [2.24, 2.45) is 0 Å². The number of carbonyl (C=O) groups excluding carboxylic acids is 2. The van der Waals surface area contributed by atoms with Crippen LogP contribution in [-0.4, -0.2) is 45.4 Å². The molecule has 3 aromatic rings. The second-order valence-corrected chi connectivity index (χ2v) is 7.69. The highest BCUT2D eigenvalue weighted by atomic mass is 16.3. The van der Waals surface area contributed by atoms with Crippen LogP contribution >= 0.6 is 0 Å². The minimum atomic E-state index is -0.376. The monoisotopic (exact) mass is 420 g/mol. The van der Waals surface area contributed by atoms with Crippen LogP contribution in [-0.2, 0) is 6.54 Å². The number of aromatic nitrogens is 2. The molecule has 3 aromatic heterocycles. The summed E-state index contributed by atoms with van der Waals surface area (Å²) in [6, 6.07) is 8.70. The summed E-state index contributed by atoms with van der Waals surface area (Å²) in [5.41, 5.74) is 1.34. The fourth-order valence-corrected chi connectivity index (χ4v) is 3.79. The molecule has 0 unspecified atom stereocenters.